The molecule has 1 aliphatic rings. The van der Waals surface area contributed by atoms with E-state index >= 15 is 0 Å². The number of ketones is 1. The summed E-state index contributed by atoms with van der Waals surface area (Å²) < 4.78 is 5.65. The number of halogens is 2. The first-order valence-electron chi connectivity index (χ1n) is 6.31. The van der Waals surface area contributed by atoms with Crippen molar-refractivity contribution in [2.75, 3.05) is 19.6 Å². The molecule has 1 aliphatic heterocycles. The van der Waals surface area contributed by atoms with Gasteiger partial charge >= 0.3 is 0 Å². The lowest BCUT2D eigenvalue weighted by Gasteiger charge is -2.34. The normalized spacial score (nSPS) is 24.4. The summed E-state index contributed by atoms with van der Waals surface area (Å²) in [4.78, 5) is 14.3. The fraction of sp³-hybridized carbons (Fsp3) is 0.500. The molecule has 1 aromatic rings. The first-order valence-corrected chi connectivity index (χ1v) is 7.07. The molecule has 0 unspecified atom stereocenters. The van der Waals surface area contributed by atoms with Crippen LogP contribution in [0, 0.1) is 0 Å². The van der Waals surface area contributed by atoms with Crippen molar-refractivity contribution in [3.8, 4) is 0 Å². The minimum atomic E-state index is 0.0554. The minimum absolute atomic E-state index is 0.0554. The fourth-order valence-electron chi connectivity index (χ4n) is 2.38. The summed E-state index contributed by atoms with van der Waals surface area (Å²) in [6.45, 7) is 5.98. The zero-order chi connectivity index (χ0) is 14.0. The van der Waals surface area contributed by atoms with Crippen molar-refractivity contribution >= 4 is 29.0 Å². The smallest absolute Gasteiger partial charge is 0.176 e. The highest BCUT2D eigenvalue weighted by Crippen LogP contribution is 2.23. The molecule has 0 aromatic heterocycles. The molecule has 0 aliphatic carbocycles. The van der Waals surface area contributed by atoms with E-state index in [1.54, 1.807) is 18.2 Å². The van der Waals surface area contributed by atoms with Crippen LogP contribution in [0.25, 0.3) is 0 Å². The van der Waals surface area contributed by atoms with Gasteiger partial charge in [0, 0.05) is 18.7 Å². The Bertz CT molecular complexity index is 469. The summed E-state index contributed by atoms with van der Waals surface area (Å²) in [5, 5.41) is 0.878. The zero-order valence-corrected chi connectivity index (χ0v) is 12.5. The molecule has 2 rings (SSSR count). The Morgan fingerprint density at radius 3 is 2.47 bits per heavy atom. The number of rotatable bonds is 3. The van der Waals surface area contributed by atoms with Crippen molar-refractivity contribution in [3.05, 3.63) is 33.8 Å². The van der Waals surface area contributed by atoms with E-state index in [0.717, 1.165) is 13.1 Å². The number of morpholine rings is 1. The predicted molar refractivity (Wildman–Crippen MR) is 77.2 cm³/mol. The van der Waals surface area contributed by atoms with E-state index in [4.69, 9.17) is 27.9 Å². The summed E-state index contributed by atoms with van der Waals surface area (Å²) in [6, 6.07) is 4.99. The topological polar surface area (TPSA) is 29.5 Å². The van der Waals surface area contributed by atoms with Gasteiger partial charge in [0.25, 0.3) is 0 Å². The third-order valence-electron chi connectivity index (χ3n) is 3.10. The van der Waals surface area contributed by atoms with Crippen LogP contribution in [0.4, 0.5) is 0 Å². The zero-order valence-electron chi connectivity index (χ0n) is 11.0. The summed E-state index contributed by atoms with van der Waals surface area (Å²) in [6.07, 6.45) is 0.315. The van der Waals surface area contributed by atoms with Crippen LogP contribution in [-0.2, 0) is 4.74 Å². The Kier molecular flexibility index (Phi) is 4.85. The van der Waals surface area contributed by atoms with Crippen molar-refractivity contribution in [2.24, 2.45) is 0 Å². The second-order valence-electron chi connectivity index (χ2n) is 5.00. The Morgan fingerprint density at radius 2 is 1.89 bits per heavy atom. The molecule has 0 amide bonds. The molecular formula is C14H17Cl2NO2. The van der Waals surface area contributed by atoms with Gasteiger partial charge in [-0.25, -0.2) is 0 Å². The monoisotopic (exact) mass is 301 g/mol. The molecule has 1 saturated heterocycles. The Morgan fingerprint density at radius 1 is 1.26 bits per heavy atom. The number of carbonyl (C=O) groups excluding carboxylic acids is 1. The van der Waals surface area contributed by atoms with Crippen molar-refractivity contribution in [1.82, 2.24) is 4.90 Å². The summed E-state index contributed by atoms with van der Waals surface area (Å²) in [5.41, 5.74) is 0.598. The van der Waals surface area contributed by atoms with Crippen LogP contribution >= 0.6 is 23.2 Å². The second kappa shape index (κ2) is 6.23. The van der Waals surface area contributed by atoms with E-state index in [2.05, 4.69) is 4.90 Å². The van der Waals surface area contributed by atoms with Crippen molar-refractivity contribution < 1.29 is 9.53 Å². The lowest BCUT2D eigenvalue weighted by molar-refractivity contribution is -0.0652. The van der Waals surface area contributed by atoms with Crippen molar-refractivity contribution in [2.45, 2.75) is 26.1 Å². The maximum atomic E-state index is 12.2. The highest BCUT2D eigenvalue weighted by Gasteiger charge is 2.24. The molecule has 0 bridgehead atoms. The molecule has 1 aromatic carbocycles. The molecule has 1 fully saturated rings. The Balaban J connectivity index is 2.02. The first kappa shape index (κ1) is 14.8. The molecule has 5 heteroatoms. The highest BCUT2D eigenvalue weighted by atomic mass is 35.5. The number of benzene rings is 1. The van der Waals surface area contributed by atoms with Gasteiger partial charge in [-0.15, -0.1) is 0 Å². The molecule has 0 spiro atoms. The van der Waals surface area contributed by atoms with Gasteiger partial charge in [0.2, 0.25) is 0 Å². The SMILES string of the molecule is C[C@@H]1CN(CC(=O)c2ccc(Cl)c(Cl)c2)C[C@H](C)O1. The van der Waals surface area contributed by atoms with Gasteiger partial charge in [0.15, 0.2) is 5.78 Å². The summed E-state index contributed by atoms with van der Waals surface area (Å²) in [7, 11) is 0. The quantitative estimate of drug-likeness (QED) is 0.803. The average molecular weight is 302 g/mol. The van der Waals surface area contributed by atoms with E-state index in [9.17, 15) is 4.79 Å². The largest absolute Gasteiger partial charge is 0.373 e. The van der Waals surface area contributed by atoms with Crippen LogP contribution in [0.3, 0.4) is 0 Å². The number of Topliss-reactive ketones (excluding diaryl/α,β-unsaturated/α-hetero) is 1. The Hall–Kier alpha value is -0.610. The number of ether oxygens (including phenoxy) is 1. The van der Waals surface area contributed by atoms with Crippen LogP contribution in [0.15, 0.2) is 18.2 Å². The molecular weight excluding hydrogens is 285 g/mol. The van der Waals surface area contributed by atoms with E-state index in [-0.39, 0.29) is 18.0 Å². The maximum absolute atomic E-state index is 12.2. The molecule has 0 saturated carbocycles. The standard InChI is InChI=1S/C14H17Cl2NO2/c1-9-6-17(7-10(2)19-9)8-14(18)11-3-4-12(15)13(16)5-11/h3-5,9-10H,6-8H2,1-2H3/t9-,10+. The van der Waals surface area contributed by atoms with Gasteiger partial charge in [-0.2, -0.15) is 0 Å². The molecule has 1 heterocycles. The third-order valence-corrected chi connectivity index (χ3v) is 3.84. The number of hydrogen-bond donors (Lipinski definition) is 0. The van der Waals surface area contributed by atoms with Gasteiger partial charge in [-0.3, -0.25) is 9.69 Å². The second-order valence-corrected chi connectivity index (χ2v) is 5.82. The third kappa shape index (κ3) is 3.93. The van der Waals surface area contributed by atoms with Gasteiger partial charge < -0.3 is 4.74 Å². The predicted octanol–water partition coefficient (Wildman–Crippen LogP) is 3.29. The lowest BCUT2D eigenvalue weighted by Crippen LogP contribution is -2.47. The molecule has 2 atom stereocenters. The first-order chi connectivity index (χ1) is 8.95. The van der Waals surface area contributed by atoms with Gasteiger partial charge in [0.05, 0.1) is 28.8 Å². The van der Waals surface area contributed by atoms with Crippen LogP contribution in [-0.4, -0.2) is 42.5 Å². The average Bonchev–Trinajstić information content (AvgIpc) is 2.31. The fourth-order valence-corrected chi connectivity index (χ4v) is 2.68. The molecule has 3 nitrogen and oxygen atoms in total. The van der Waals surface area contributed by atoms with Gasteiger partial charge in [-0.1, -0.05) is 23.2 Å². The van der Waals surface area contributed by atoms with E-state index in [1.165, 1.54) is 0 Å². The number of carbonyl (C=O) groups is 1. The van der Waals surface area contributed by atoms with Crippen LogP contribution in [0.2, 0.25) is 10.0 Å². The number of nitrogens with zero attached hydrogens (tertiary/aromatic N) is 1. The molecule has 19 heavy (non-hydrogen) atoms. The van der Waals surface area contributed by atoms with Crippen LogP contribution < -0.4 is 0 Å². The van der Waals surface area contributed by atoms with E-state index < -0.39 is 0 Å². The van der Waals surface area contributed by atoms with Crippen molar-refractivity contribution in [1.29, 1.82) is 0 Å². The van der Waals surface area contributed by atoms with Crippen LogP contribution in [0.1, 0.15) is 24.2 Å². The maximum Gasteiger partial charge on any atom is 0.176 e. The van der Waals surface area contributed by atoms with E-state index in [1.807, 2.05) is 13.8 Å². The van der Waals surface area contributed by atoms with Gasteiger partial charge in [-0.05, 0) is 32.0 Å². The lowest BCUT2D eigenvalue weighted by atomic mass is 10.1. The molecule has 0 N–H and O–H groups in total. The number of hydrogen-bond acceptors (Lipinski definition) is 3. The summed E-state index contributed by atoms with van der Waals surface area (Å²) in [5.74, 6) is 0.0554. The summed E-state index contributed by atoms with van der Waals surface area (Å²) >= 11 is 11.8. The van der Waals surface area contributed by atoms with Crippen LogP contribution in [0.5, 0.6) is 0 Å². The minimum Gasteiger partial charge on any atom is -0.373 e. The molecule has 104 valence electrons. The van der Waals surface area contributed by atoms with Gasteiger partial charge in [0.1, 0.15) is 0 Å². The van der Waals surface area contributed by atoms with Crippen molar-refractivity contribution in [3.63, 3.8) is 0 Å². The molecule has 0 radical (unpaired) electrons. The highest BCUT2D eigenvalue weighted by molar-refractivity contribution is 6.42. The Labute approximate surface area is 123 Å². The van der Waals surface area contributed by atoms with E-state index in [0.29, 0.717) is 22.2 Å².